The van der Waals surface area contributed by atoms with E-state index in [1.165, 1.54) is 22.3 Å². The Morgan fingerprint density at radius 3 is 2.72 bits per heavy atom. The molecule has 1 N–H and O–H groups in total. The van der Waals surface area contributed by atoms with Crippen LogP contribution >= 0.6 is 11.3 Å². The highest BCUT2D eigenvalue weighted by atomic mass is 32.1. The molecule has 1 heterocycles. The van der Waals surface area contributed by atoms with Crippen LogP contribution in [0.1, 0.15) is 19.4 Å². The summed E-state index contributed by atoms with van der Waals surface area (Å²) in [5.41, 5.74) is 0.505. The predicted molar refractivity (Wildman–Crippen MR) is 111 cm³/mol. The summed E-state index contributed by atoms with van der Waals surface area (Å²) >= 11 is 1.26. The maximum Gasteiger partial charge on any atom is 0.268 e. The minimum Gasteiger partial charge on any atom is -0.490 e. The molecule has 8 nitrogen and oxygen atoms in total. The zero-order valence-corrected chi connectivity index (χ0v) is 17.4. The molecule has 2 rings (SSSR count). The van der Waals surface area contributed by atoms with Crippen LogP contribution in [0.2, 0.25) is 0 Å². The highest BCUT2D eigenvalue weighted by Crippen LogP contribution is 2.30. The lowest BCUT2D eigenvalue weighted by Crippen LogP contribution is -2.35. The maximum atomic E-state index is 12.3. The number of nitrogens with one attached hydrogen (secondary N) is 1. The molecule has 0 bridgehead atoms. The molecule has 2 amide bonds. The number of aromatic nitrogens is 1. The van der Waals surface area contributed by atoms with Gasteiger partial charge in [0.05, 0.1) is 6.61 Å². The molecule has 1 atom stereocenters. The van der Waals surface area contributed by atoms with E-state index in [1.807, 2.05) is 13.0 Å². The number of anilines is 1. The molecule has 0 aliphatic heterocycles. The molecule has 9 heteroatoms. The van der Waals surface area contributed by atoms with Crippen molar-refractivity contribution >= 4 is 34.4 Å². The van der Waals surface area contributed by atoms with Gasteiger partial charge in [0.25, 0.3) is 11.8 Å². The Labute approximate surface area is 173 Å². The van der Waals surface area contributed by atoms with E-state index in [0.29, 0.717) is 28.8 Å². The molecule has 0 spiro atoms. The third kappa shape index (κ3) is 6.05. The smallest absolute Gasteiger partial charge is 0.268 e. The van der Waals surface area contributed by atoms with Gasteiger partial charge in [0.1, 0.15) is 11.6 Å². The quantitative estimate of drug-likeness (QED) is 0.526. The first kappa shape index (κ1) is 21.9. The van der Waals surface area contributed by atoms with Gasteiger partial charge >= 0.3 is 0 Å². The summed E-state index contributed by atoms with van der Waals surface area (Å²) in [6, 6.07) is 6.87. The van der Waals surface area contributed by atoms with Crippen LogP contribution in [0, 0.1) is 11.3 Å². The summed E-state index contributed by atoms with van der Waals surface area (Å²) in [5.74, 6) is 0.0858. The lowest BCUT2D eigenvalue weighted by molar-refractivity contribution is -0.135. The zero-order chi connectivity index (χ0) is 21.4. The number of likely N-dealkylation sites (N-methyl/N-ethyl adjacent to an activating group) is 1. The molecule has 29 heavy (non-hydrogen) atoms. The van der Waals surface area contributed by atoms with E-state index in [4.69, 9.17) is 9.47 Å². The third-order valence-corrected chi connectivity index (χ3v) is 4.38. The van der Waals surface area contributed by atoms with Crippen molar-refractivity contribution in [2.75, 3.05) is 26.0 Å². The van der Waals surface area contributed by atoms with E-state index < -0.39 is 12.0 Å². The molecule has 1 aromatic heterocycles. The average molecular weight is 414 g/mol. The first-order valence-corrected chi connectivity index (χ1v) is 9.71. The van der Waals surface area contributed by atoms with Gasteiger partial charge in [-0.05, 0) is 37.6 Å². The standard InChI is InChI=1S/C20H22N4O4S/c1-5-27-17-11-14(6-7-16(17)28-13(2)19(26)24(3)4)10-15(12-21)18(25)23-20-22-8-9-29-20/h6-11,13H,5H2,1-4H3,(H,22,23,25)/b15-10+. The molecule has 0 aliphatic carbocycles. The summed E-state index contributed by atoms with van der Waals surface area (Å²) in [6.45, 7) is 3.86. The van der Waals surface area contributed by atoms with E-state index in [1.54, 1.807) is 50.8 Å². The van der Waals surface area contributed by atoms with Crippen molar-refractivity contribution in [2.45, 2.75) is 20.0 Å². The second-order valence-electron chi connectivity index (χ2n) is 6.09. The van der Waals surface area contributed by atoms with Gasteiger partial charge in [-0.3, -0.25) is 14.9 Å². The highest BCUT2D eigenvalue weighted by molar-refractivity contribution is 7.13. The number of rotatable bonds is 8. The number of thiazole rings is 1. The summed E-state index contributed by atoms with van der Waals surface area (Å²) in [4.78, 5) is 29.7. The highest BCUT2D eigenvalue weighted by Gasteiger charge is 2.19. The fourth-order valence-electron chi connectivity index (χ4n) is 2.35. The SMILES string of the molecule is CCOc1cc(/C=C(\C#N)C(=O)Nc2nccs2)ccc1OC(C)C(=O)N(C)C. The molecule has 1 aromatic carbocycles. The number of carbonyl (C=O) groups is 2. The number of ether oxygens (including phenoxy) is 2. The molecule has 1 unspecified atom stereocenters. The number of hydrogen-bond donors (Lipinski definition) is 1. The van der Waals surface area contributed by atoms with Crippen LogP contribution in [-0.4, -0.2) is 48.5 Å². The number of nitrogens with zero attached hydrogens (tertiary/aromatic N) is 3. The number of carbonyl (C=O) groups excluding carboxylic acids is 2. The third-order valence-electron chi connectivity index (χ3n) is 3.69. The lowest BCUT2D eigenvalue weighted by Gasteiger charge is -2.20. The zero-order valence-electron chi connectivity index (χ0n) is 16.6. The Hall–Kier alpha value is -3.38. The van der Waals surface area contributed by atoms with Crippen LogP contribution in [0.25, 0.3) is 6.08 Å². The molecule has 152 valence electrons. The molecule has 0 saturated heterocycles. The van der Waals surface area contributed by atoms with E-state index in [0.717, 1.165) is 0 Å². The van der Waals surface area contributed by atoms with Gasteiger partial charge in [-0.1, -0.05) is 6.07 Å². The monoisotopic (exact) mass is 414 g/mol. The van der Waals surface area contributed by atoms with E-state index >= 15 is 0 Å². The summed E-state index contributed by atoms with van der Waals surface area (Å²) in [7, 11) is 3.30. The molecule has 0 radical (unpaired) electrons. The summed E-state index contributed by atoms with van der Waals surface area (Å²) in [6.07, 6.45) is 2.32. The van der Waals surface area contributed by atoms with E-state index in [2.05, 4.69) is 10.3 Å². The van der Waals surface area contributed by atoms with Crippen molar-refractivity contribution in [1.29, 1.82) is 5.26 Å². The van der Waals surface area contributed by atoms with Crippen molar-refractivity contribution < 1.29 is 19.1 Å². The molecule has 0 aliphatic rings. The Bertz CT molecular complexity index is 932. The Kier molecular flexibility index (Phi) is 7.74. The second kappa shape index (κ2) is 10.2. The minimum absolute atomic E-state index is 0.0764. The van der Waals surface area contributed by atoms with Crippen LogP contribution in [0.4, 0.5) is 5.13 Å². The summed E-state index contributed by atoms with van der Waals surface area (Å²) in [5, 5.41) is 14.1. The molecule has 0 saturated carbocycles. The van der Waals surface area contributed by atoms with Gasteiger partial charge in [0, 0.05) is 25.7 Å². The van der Waals surface area contributed by atoms with Gasteiger partial charge < -0.3 is 14.4 Å². The first-order chi connectivity index (χ1) is 13.8. The Morgan fingerprint density at radius 1 is 1.38 bits per heavy atom. The normalized spacial score (nSPS) is 11.9. The molecule has 0 fully saturated rings. The van der Waals surface area contributed by atoms with E-state index in [9.17, 15) is 14.9 Å². The topological polar surface area (TPSA) is 105 Å². The largest absolute Gasteiger partial charge is 0.490 e. The number of amides is 2. The van der Waals surface area contributed by atoms with Crippen LogP contribution in [0.5, 0.6) is 11.5 Å². The fraction of sp³-hybridized carbons (Fsp3) is 0.300. The lowest BCUT2D eigenvalue weighted by atomic mass is 10.1. The van der Waals surface area contributed by atoms with Crippen LogP contribution in [0.15, 0.2) is 35.3 Å². The van der Waals surface area contributed by atoms with Crippen molar-refractivity contribution in [1.82, 2.24) is 9.88 Å². The van der Waals surface area contributed by atoms with Gasteiger partial charge in [-0.15, -0.1) is 11.3 Å². The minimum atomic E-state index is -0.690. The fourth-order valence-corrected chi connectivity index (χ4v) is 2.87. The van der Waals surface area contributed by atoms with Crippen molar-refractivity contribution in [3.05, 3.63) is 40.9 Å². The molecular weight excluding hydrogens is 392 g/mol. The van der Waals surface area contributed by atoms with Crippen LogP contribution < -0.4 is 14.8 Å². The number of nitriles is 1. The van der Waals surface area contributed by atoms with Crippen molar-refractivity contribution in [3.8, 4) is 17.6 Å². The average Bonchev–Trinajstić information content (AvgIpc) is 3.20. The van der Waals surface area contributed by atoms with Gasteiger partial charge in [0.2, 0.25) is 0 Å². The van der Waals surface area contributed by atoms with E-state index in [-0.39, 0.29) is 11.5 Å². The second-order valence-corrected chi connectivity index (χ2v) is 6.99. The van der Waals surface area contributed by atoms with Gasteiger partial charge in [-0.2, -0.15) is 5.26 Å². The molecule has 2 aromatic rings. The number of benzene rings is 1. The Balaban J connectivity index is 2.25. The summed E-state index contributed by atoms with van der Waals surface area (Å²) < 4.78 is 11.3. The maximum absolute atomic E-state index is 12.3. The van der Waals surface area contributed by atoms with Crippen LogP contribution in [0.3, 0.4) is 0 Å². The Morgan fingerprint density at radius 2 is 2.14 bits per heavy atom. The van der Waals surface area contributed by atoms with Gasteiger partial charge in [0.15, 0.2) is 22.7 Å². The van der Waals surface area contributed by atoms with Crippen molar-refractivity contribution in [3.63, 3.8) is 0 Å². The van der Waals surface area contributed by atoms with Crippen molar-refractivity contribution in [2.24, 2.45) is 0 Å². The van der Waals surface area contributed by atoms with Crippen LogP contribution in [-0.2, 0) is 9.59 Å². The molecular formula is C20H22N4O4S. The first-order valence-electron chi connectivity index (χ1n) is 8.83. The number of hydrogen-bond acceptors (Lipinski definition) is 7. The van der Waals surface area contributed by atoms with Gasteiger partial charge in [-0.25, -0.2) is 4.98 Å². The predicted octanol–water partition coefficient (Wildman–Crippen LogP) is 2.94.